The van der Waals surface area contributed by atoms with Crippen LogP contribution in [0.2, 0.25) is 0 Å². The molecule has 2 aromatic carbocycles. The van der Waals surface area contributed by atoms with Crippen LogP contribution in [-0.4, -0.2) is 28.1 Å². The van der Waals surface area contributed by atoms with E-state index in [9.17, 15) is 10.1 Å². The maximum absolute atomic E-state index is 11.2. The van der Waals surface area contributed by atoms with E-state index in [1.165, 1.54) is 17.4 Å². The lowest BCUT2D eigenvalue weighted by atomic mass is 10.1. The highest BCUT2D eigenvalue weighted by Crippen LogP contribution is 2.33. The second kappa shape index (κ2) is 8.11. The largest absolute Gasteiger partial charge is 0.454 e. The van der Waals surface area contributed by atoms with E-state index in [1.807, 2.05) is 50.4 Å². The fourth-order valence-corrected chi connectivity index (χ4v) is 3.98. The third-order valence-electron chi connectivity index (χ3n) is 4.45. The van der Waals surface area contributed by atoms with Gasteiger partial charge in [0.25, 0.3) is 5.69 Å². The van der Waals surface area contributed by atoms with Crippen LogP contribution in [0.1, 0.15) is 26.3 Å². The zero-order valence-electron chi connectivity index (χ0n) is 16.7. The number of nitrogens with zero attached hydrogens (tertiary/aromatic N) is 4. The molecule has 0 bridgehead atoms. The lowest BCUT2D eigenvalue weighted by Gasteiger charge is -2.07. The fraction of sp³-hybridized carbons (Fsp3) is 0.238. The zero-order valence-corrected chi connectivity index (χ0v) is 17.5. The molecule has 9 heteroatoms. The summed E-state index contributed by atoms with van der Waals surface area (Å²) in [4.78, 5) is 16.2. The van der Waals surface area contributed by atoms with Crippen molar-refractivity contribution >= 4 is 22.7 Å². The first-order valence-corrected chi connectivity index (χ1v) is 10.2. The molecule has 2 heterocycles. The van der Waals surface area contributed by atoms with Gasteiger partial charge in [-0.15, -0.1) is 11.3 Å². The number of non-ortho nitro benzene ring substituents is 1. The maximum atomic E-state index is 11.2. The van der Waals surface area contributed by atoms with Crippen LogP contribution >= 0.6 is 11.3 Å². The third kappa shape index (κ3) is 3.97. The minimum atomic E-state index is -0.402. The van der Waals surface area contributed by atoms with Crippen molar-refractivity contribution in [1.82, 2.24) is 4.68 Å². The Bertz CT molecular complexity index is 1210. The molecule has 0 unspecified atom stereocenters. The third-order valence-corrected chi connectivity index (χ3v) is 5.28. The molecule has 8 nitrogen and oxygen atoms in total. The van der Waals surface area contributed by atoms with Gasteiger partial charge >= 0.3 is 0 Å². The lowest BCUT2D eigenvalue weighted by Crippen LogP contribution is -2.16. The summed E-state index contributed by atoms with van der Waals surface area (Å²) in [6.45, 7) is 6.10. The van der Waals surface area contributed by atoms with Crippen LogP contribution < -0.4 is 14.3 Å². The molecule has 0 saturated carbocycles. The van der Waals surface area contributed by atoms with Gasteiger partial charge in [-0.2, -0.15) is 5.10 Å². The minimum absolute atomic E-state index is 0.0315. The van der Waals surface area contributed by atoms with Crippen molar-refractivity contribution in [1.29, 1.82) is 0 Å². The van der Waals surface area contributed by atoms with Crippen LogP contribution in [0.3, 0.4) is 0 Å². The Morgan fingerprint density at radius 3 is 2.77 bits per heavy atom. The van der Waals surface area contributed by atoms with Gasteiger partial charge in [0, 0.05) is 34.7 Å². The summed E-state index contributed by atoms with van der Waals surface area (Å²) in [5.41, 5.74) is 3.11. The number of hydrogen-bond donors (Lipinski definition) is 0. The molecule has 30 heavy (non-hydrogen) atoms. The normalized spacial score (nSPS) is 13.9. The monoisotopic (exact) mass is 424 g/mol. The summed E-state index contributed by atoms with van der Waals surface area (Å²) in [6.07, 6.45) is 0. The zero-order chi connectivity index (χ0) is 21.3. The number of hydrogen-bond acceptors (Lipinski definition) is 7. The Morgan fingerprint density at radius 2 is 2.00 bits per heavy atom. The highest BCUT2D eigenvalue weighted by Gasteiger charge is 2.16. The lowest BCUT2D eigenvalue weighted by molar-refractivity contribution is -0.384. The number of nitro benzene ring substituents is 1. The van der Waals surface area contributed by atoms with Gasteiger partial charge in [-0.3, -0.25) is 15.1 Å². The molecule has 1 aliphatic rings. The van der Waals surface area contributed by atoms with Crippen molar-refractivity contribution in [3.8, 4) is 22.8 Å². The van der Waals surface area contributed by atoms with Crippen LogP contribution in [0.4, 0.5) is 5.69 Å². The van der Waals surface area contributed by atoms with Crippen LogP contribution in [0.25, 0.3) is 11.3 Å². The number of aromatic nitrogens is 1. The molecule has 1 aliphatic heterocycles. The molecule has 0 fully saturated rings. The standard InChI is InChI=1S/C21H20N4O4S/c1-13(2)22-21-24(18(11-30-21)16-5-4-6-17(9-16)25(26)27)23-14(3)15-7-8-19-20(10-15)29-12-28-19/h4-11,13H,12H2,1-3H3. The van der Waals surface area contributed by atoms with Crippen LogP contribution in [0.15, 0.2) is 57.9 Å². The van der Waals surface area contributed by atoms with Crippen molar-refractivity contribution < 1.29 is 14.4 Å². The van der Waals surface area contributed by atoms with Gasteiger partial charge in [0.2, 0.25) is 11.6 Å². The average Bonchev–Trinajstić information content (AvgIpc) is 3.34. The van der Waals surface area contributed by atoms with Gasteiger partial charge < -0.3 is 9.47 Å². The first kappa shape index (κ1) is 19.8. The molecule has 0 aliphatic carbocycles. The van der Waals surface area contributed by atoms with Crippen LogP contribution in [0, 0.1) is 10.1 Å². The van der Waals surface area contributed by atoms with Gasteiger partial charge in [0.05, 0.1) is 16.3 Å². The Kier molecular flexibility index (Phi) is 5.37. The predicted molar refractivity (Wildman–Crippen MR) is 115 cm³/mol. The molecule has 0 radical (unpaired) electrons. The van der Waals surface area contributed by atoms with E-state index in [2.05, 4.69) is 4.99 Å². The molecular formula is C21H20N4O4S. The summed E-state index contributed by atoms with van der Waals surface area (Å²) in [5.74, 6) is 1.39. The van der Waals surface area contributed by atoms with Crippen molar-refractivity contribution in [2.24, 2.45) is 10.1 Å². The number of ether oxygens (including phenoxy) is 2. The fourth-order valence-electron chi connectivity index (χ4n) is 3.01. The van der Waals surface area contributed by atoms with Crippen molar-refractivity contribution in [2.75, 3.05) is 6.79 Å². The summed E-state index contributed by atoms with van der Waals surface area (Å²) in [6, 6.07) is 12.3. The summed E-state index contributed by atoms with van der Waals surface area (Å²) >= 11 is 1.45. The van der Waals surface area contributed by atoms with E-state index < -0.39 is 4.92 Å². The Morgan fingerprint density at radius 1 is 1.20 bits per heavy atom. The van der Waals surface area contributed by atoms with Crippen LogP contribution in [0.5, 0.6) is 11.5 Å². The maximum Gasteiger partial charge on any atom is 0.270 e. The van der Waals surface area contributed by atoms with Gasteiger partial charge in [-0.05, 0) is 39.0 Å². The van der Waals surface area contributed by atoms with E-state index in [4.69, 9.17) is 14.6 Å². The van der Waals surface area contributed by atoms with E-state index in [1.54, 1.807) is 16.8 Å². The molecule has 3 aromatic rings. The number of nitro groups is 1. The first-order chi connectivity index (χ1) is 14.4. The summed E-state index contributed by atoms with van der Waals surface area (Å²) in [5, 5.41) is 17.9. The molecular weight excluding hydrogens is 404 g/mol. The highest BCUT2D eigenvalue weighted by atomic mass is 32.1. The number of rotatable bonds is 5. The van der Waals surface area contributed by atoms with Gasteiger partial charge in [-0.1, -0.05) is 12.1 Å². The summed E-state index contributed by atoms with van der Waals surface area (Å²) in [7, 11) is 0. The molecule has 0 amide bonds. The van der Waals surface area contributed by atoms with Gasteiger partial charge in [0.15, 0.2) is 11.5 Å². The second-order valence-electron chi connectivity index (χ2n) is 7.00. The second-order valence-corrected chi connectivity index (χ2v) is 7.84. The van der Waals surface area contributed by atoms with Gasteiger partial charge in [-0.25, -0.2) is 4.68 Å². The van der Waals surface area contributed by atoms with Gasteiger partial charge in [0.1, 0.15) is 0 Å². The molecule has 154 valence electrons. The average molecular weight is 424 g/mol. The molecule has 1 aromatic heterocycles. The highest BCUT2D eigenvalue weighted by molar-refractivity contribution is 7.07. The Hall–Kier alpha value is -3.46. The predicted octanol–water partition coefficient (Wildman–Crippen LogP) is 4.43. The van der Waals surface area contributed by atoms with E-state index >= 15 is 0 Å². The topological polar surface area (TPSA) is 91.2 Å². The quantitative estimate of drug-likeness (QED) is 0.344. The number of benzene rings is 2. The van der Waals surface area contributed by atoms with E-state index in [0.717, 1.165) is 17.0 Å². The van der Waals surface area contributed by atoms with E-state index in [-0.39, 0.29) is 18.5 Å². The summed E-state index contributed by atoms with van der Waals surface area (Å²) < 4.78 is 12.6. The smallest absolute Gasteiger partial charge is 0.270 e. The Labute approximate surface area is 176 Å². The minimum Gasteiger partial charge on any atom is -0.454 e. The number of thiazole rings is 1. The molecule has 0 atom stereocenters. The number of fused-ring (bicyclic) bond motifs is 1. The van der Waals surface area contributed by atoms with Crippen molar-refractivity contribution in [2.45, 2.75) is 26.8 Å². The van der Waals surface area contributed by atoms with E-state index in [0.29, 0.717) is 21.9 Å². The molecule has 0 N–H and O–H groups in total. The SMILES string of the molecule is CC(=Nn1c(-c2cccc([N+](=O)[O-])c2)csc1=NC(C)C)c1ccc2c(c1)OCO2. The molecule has 4 rings (SSSR count). The van der Waals surface area contributed by atoms with Crippen molar-refractivity contribution in [3.05, 3.63) is 68.3 Å². The molecule has 0 spiro atoms. The molecule has 0 saturated heterocycles. The first-order valence-electron chi connectivity index (χ1n) is 9.37. The van der Waals surface area contributed by atoms with Crippen molar-refractivity contribution in [3.63, 3.8) is 0 Å². The Balaban J connectivity index is 1.83. The van der Waals surface area contributed by atoms with Crippen LogP contribution in [-0.2, 0) is 0 Å².